The molecule has 1 aliphatic heterocycles. The number of nitrogens with zero attached hydrogens (tertiary/aromatic N) is 6. The lowest BCUT2D eigenvalue weighted by Crippen LogP contribution is -2.28. The van der Waals surface area contributed by atoms with Gasteiger partial charge in [-0.15, -0.1) is 10.2 Å². The molecule has 0 radical (unpaired) electrons. The fourth-order valence-electron chi connectivity index (χ4n) is 3.46. The third-order valence-electron chi connectivity index (χ3n) is 5.16. The zero-order chi connectivity index (χ0) is 23.5. The van der Waals surface area contributed by atoms with Gasteiger partial charge in [-0.05, 0) is 50.1 Å². The average Bonchev–Trinajstić information content (AvgIpc) is 3.45. The Morgan fingerprint density at radius 2 is 2.00 bits per heavy atom. The molecule has 0 fully saturated rings. The minimum atomic E-state index is -0.421. The molecule has 2 amide bonds. The summed E-state index contributed by atoms with van der Waals surface area (Å²) in [4.78, 5) is 35.3. The predicted molar refractivity (Wildman–Crippen MR) is 118 cm³/mol. The molecule has 1 unspecified atom stereocenters. The first-order valence-corrected chi connectivity index (χ1v) is 10.6. The first-order valence-electron chi connectivity index (χ1n) is 10.6. The molecule has 0 saturated heterocycles. The van der Waals surface area contributed by atoms with Crippen LogP contribution in [0.3, 0.4) is 0 Å². The number of aliphatic hydroxyl groups is 1. The number of rotatable bonds is 6. The van der Waals surface area contributed by atoms with Crippen molar-refractivity contribution in [1.29, 1.82) is 0 Å². The van der Waals surface area contributed by atoms with Gasteiger partial charge in [-0.25, -0.2) is 9.78 Å². The topological polar surface area (TPSA) is 135 Å². The second-order valence-corrected chi connectivity index (χ2v) is 8.08. The lowest BCUT2D eigenvalue weighted by atomic mass is 10.1. The van der Waals surface area contributed by atoms with Crippen LogP contribution in [0, 0.1) is 0 Å². The van der Waals surface area contributed by atoms with Crippen LogP contribution in [0.15, 0.2) is 36.8 Å². The summed E-state index contributed by atoms with van der Waals surface area (Å²) in [5.41, 5.74) is 2.46. The molecule has 0 saturated carbocycles. The van der Waals surface area contributed by atoms with Crippen LogP contribution in [0.4, 0.5) is 10.6 Å². The molecule has 0 aliphatic carbocycles. The second kappa shape index (κ2) is 9.33. The number of pyridine rings is 2. The highest BCUT2D eigenvalue weighted by molar-refractivity contribution is 6.02. The van der Waals surface area contributed by atoms with Crippen molar-refractivity contribution in [1.82, 2.24) is 29.6 Å². The SMILES string of the molecule is CC(C)OC(=O)N1Cc2cnc(C(=O)Nc3cccc(-c4nncn4C(C)CO)n3)cc2C1. The van der Waals surface area contributed by atoms with Crippen molar-refractivity contribution in [3.63, 3.8) is 0 Å². The van der Waals surface area contributed by atoms with Crippen LogP contribution < -0.4 is 5.32 Å². The van der Waals surface area contributed by atoms with Crippen molar-refractivity contribution in [3.8, 4) is 11.5 Å². The highest BCUT2D eigenvalue weighted by Gasteiger charge is 2.26. The summed E-state index contributed by atoms with van der Waals surface area (Å²) in [6.45, 7) is 6.11. The number of ether oxygens (including phenoxy) is 1. The van der Waals surface area contributed by atoms with Crippen molar-refractivity contribution >= 4 is 17.8 Å². The van der Waals surface area contributed by atoms with E-state index in [2.05, 4.69) is 25.5 Å². The van der Waals surface area contributed by atoms with Gasteiger partial charge in [0.1, 0.15) is 23.5 Å². The molecule has 4 rings (SSSR count). The first-order chi connectivity index (χ1) is 15.9. The van der Waals surface area contributed by atoms with Crippen LogP contribution in [0.25, 0.3) is 11.5 Å². The van der Waals surface area contributed by atoms with E-state index in [4.69, 9.17) is 4.74 Å². The number of amides is 2. The van der Waals surface area contributed by atoms with Crippen LogP contribution in [-0.4, -0.2) is 59.5 Å². The fourth-order valence-corrected chi connectivity index (χ4v) is 3.46. The molecule has 3 aromatic rings. The standard InChI is InChI=1S/C22H25N7O4/c1-13(2)33-22(32)28-9-15-7-18(23-8-16(15)10-28)21(31)26-19-6-4-5-17(25-19)20-27-24-12-29(20)14(3)11-30/h4-8,12-14,30H,9-11H2,1-3H3,(H,25,26,31). The quantitative estimate of drug-likeness (QED) is 0.583. The van der Waals surface area contributed by atoms with Gasteiger partial charge in [0.2, 0.25) is 0 Å². The van der Waals surface area contributed by atoms with E-state index in [1.165, 1.54) is 6.33 Å². The van der Waals surface area contributed by atoms with Crippen LogP contribution in [0.5, 0.6) is 0 Å². The summed E-state index contributed by atoms with van der Waals surface area (Å²) in [7, 11) is 0. The van der Waals surface area contributed by atoms with Gasteiger partial charge in [0.05, 0.1) is 25.3 Å². The van der Waals surface area contributed by atoms with E-state index in [0.717, 1.165) is 11.1 Å². The molecule has 11 heteroatoms. The molecule has 11 nitrogen and oxygen atoms in total. The average molecular weight is 451 g/mol. The highest BCUT2D eigenvalue weighted by Crippen LogP contribution is 2.24. The molecule has 1 atom stereocenters. The Labute approximate surface area is 190 Å². The van der Waals surface area contributed by atoms with E-state index >= 15 is 0 Å². The van der Waals surface area contributed by atoms with Crippen LogP contribution >= 0.6 is 0 Å². The van der Waals surface area contributed by atoms with Gasteiger partial charge in [0.15, 0.2) is 5.82 Å². The second-order valence-electron chi connectivity index (χ2n) is 8.08. The van der Waals surface area contributed by atoms with Crippen molar-refractivity contribution in [3.05, 3.63) is 53.6 Å². The van der Waals surface area contributed by atoms with Gasteiger partial charge in [-0.3, -0.25) is 14.7 Å². The lowest BCUT2D eigenvalue weighted by molar-refractivity contribution is 0.0760. The van der Waals surface area contributed by atoms with E-state index < -0.39 is 12.0 Å². The summed E-state index contributed by atoms with van der Waals surface area (Å²) < 4.78 is 6.96. The smallest absolute Gasteiger partial charge is 0.410 e. The Balaban J connectivity index is 1.48. The van der Waals surface area contributed by atoms with Crippen LogP contribution in [0.1, 0.15) is 48.4 Å². The number of nitrogens with one attached hydrogen (secondary N) is 1. The number of anilines is 1. The Morgan fingerprint density at radius 1 is 1.21 bits per heavy atom. The molecule has 3 aromatic heterocycles. The fraction of sp³-hybridized carbons (Fsp3) is 0.364. The number of carbonyl (C=O) groups is 2. The Hall–Kier alpha value is -3.86. The van der Waals surface area contributed by atoms with Crippen molar-refractivity contribution in [2.45, 2.75) is 46.0 Å². The molecule has 0 spiro atoms. The zero-order valence-corrected chi connectivity index (χ0v) is 18.6. The van der Waals surface area contributed by atoms with E-state index in [0.29, 0.717) is 30.4 Å². The first kappa shape index (κ1) is 22.3. The molecule has 2 N–H and O–H groups in total. The van der Waals surface area contributed by atoms with Crippen LogP contribution in [-0.2, 0) is 17.8 Å². The zero-order valence-electron chi connectivity index (χ0n) is 18.6. The predicted octanol–water partition coefficient (Wildman–Crippen LogP) is 2.40. The molecule has 0 aromatic carbocycles. The van der Waals surface area contributed by atoms with Crippen LogP contribution in [0.2, 0.25) is 0 Å². The summed E-state index contributed by atoms with van der Waals surface area (Å²) >= 11 is 0. The minimum absolute atomic E-state index is 0.0713. The largest absolute Gasteiger partial charge is 0.447 e. The maximum absolute atomic E-state index is 12.8. The summed E-state index contributed by atoms with van der Waals surface area (Å²) in [6, 6.07) is 6.61. The molecule has 4 heterocycles. The highest BCUT2D eigenvalue weighted by atomic mass is 16.6. The van der Waals surface area contributed by atoms with E-state index in [9.17, 15) is 14.7 Å². The molecular formula is C22H25N7O4. The monoisotopic (exact) mass is 451 g/mol. The number of hydrogen-bond acceptors (Lipinski definition) is 8. The molecule has 172 valence electrons. The van der Waals surface area contributed by atoms with Crippen molar-refractivity contribution in [2.24, 2.45) is 0 Å². The van der Waals surface area contributed by atoms with E-state index in [1.54, 1.807) is 53.8 Å². The number of aliphatic hydroxyl groups excluding tert-OH is 1. The van der Waals surface area contributed by atoms with Gasteiger partial charge < -0.3 is 19.7 Å². The summed E-state index contributed by atoms with van der Waals surface area (Å²) in [5.74, 6) is 0.390. The Bertz CT molecular complexity index is 1180. The Kier molecular flexibility index (Phi) is 6.31. The van der Waals surface area contributed by atoms with Gasteiger partial charge in [0, 0.05) is 12.7 Å². The van der Waals surface area contributed by atoms with Gasteiger partial charge in [-0.1, -0.05) is 6.07 Å². The normalized spacial score (nSPS) is 13.7. The molecule has 0 bridgehead atoms. The summed E-state index contributed by atoms with van der Waals surface area (Å²) in [5, 5.41) is 20.2. The van der Waals surface area contributed by atoms with Gasteiger partial charge >= 0.3 is 6.09 Å². The number of aromatic nitrogens is 5. The Morgan fingerprint density at radius 3 is 2.76 bits per heavy atom. The number of fused-ring (bicyclic) bond motifs is 1. The van der Waals surface area contributed by atoms with E-state index in [-0.39, 0.29) is 24.4 Å². The van der Waals surface area contributed by atoms with E-state index in [1.807, 2.05) is 6.92 Å². The van der Waals surface area contributed by atoms with Crippen molar-refractivity contribution < 1.29 is 19.4 Å². The summed E-state index contributed by atoms with van der Waals surface area (Å²) in [6.07, 6.45) is 2.54. The minimum Gasteiger partial charge on any atom is -0.447 e. The van der Waals surface area contributed by atoms with Crippen molar-refractivity contribution in [2.75, 3.05) is 11.9 Å². The number of carbonyl (C=O) groups excluding carboxylic acids is 2. The third kappa shape index (κ3) is 4.82. The van der Waals surface area contributed by atoms with Gasteiger partial charge in [-0.2, -0.15) is 0 Å². The van der Waals surface area contributed by atoms with Gasteiger partial charge in [0.25, 0.3) is 5.91 Å². The molecular weight excluding hydrogens is 426 g/mol. The third-order valence-corrected chi connectivity index (χ3v) is 5.16. The molecule has 1 aliphatic rings. The molecule has 33 heavy (non-hydrogen) atoms. The lowest BCUT2D eigenvalue weighted by Gasteiger charge is -2.17. The maximum Gasteiger partial charge on any atom is 0.410 e. The maximum atomic E-state index is 12.8. The number of hydrogen-bond donors (Lipinski definition) is 2.